The number of sulfonamides is 1. The van der Waals surface area contributed by atoms with Gasteiger partial charge in [-0.05, 0) is 39.2 Å². The van der Waals surface area contributed by atoms with Crippen molar-refractivity contribution in [3.63, 3.8) is 0 Å². The van der Waals surface area contributed by atoms with Crippen molar-refractivity contribution in [3.8, 4) is 0 Å². The molecule has 0 aliphatic carbocycles. The molecule has 0 aromatic heterocycles. The number of non-ortho nitro benzene ring substituents is 1. The van der Waals surface area contributed by atoms with Gasteiger partial charge in [-0.15, -0.1) is 0 Å². The Bertz CT molecular complexity index is 555. The highest BCUT2D eigenvalue weighted by Gasteiger charge is 2.21. The Hall–Kier alpha value is -1.51. The molecule has 1 aromatic carbocycles. The highest BCUT2D eigenvalue weighted by atomic mass is 32.2. The molecule has 8 heteroatoms. The molecule has 0 N–H and O–H groups in total. The number of rotatable bonds is 7. The molecule has 1 rings (SSSR count). The Balaban J connectivity index is 2.79. The summed E-state index contributed by atoms with van der Waals surface area (Å²) in [7, 11) is 1.76. The molecule has 0 bridgehead atoms. The van der Waals surface area contributed by atoms with Crippen molar-refractivity contribution in [2.24, 2.45) is 0 Å². The number of hydrogen-bond acceptors (Lipinski definition) is 5. The maximum Gasteiger partial charge on any atom is 0.269 e. The van der Waals surface area contributed by atoms with Crippen molar-refractivity contribution in [1.29, 1.82) is 0 Å². The Morgan fingerprint density at radius 3 is 2.10 bits per heavy atom. The van der Waals surface area contributed by atoms with Gasteiger partial charge in [-0.2, -0.15) is 0 Å². The average Bonchev–Trinajstić information content (AvgIpc) is 2.38. The van der Waals surface area contributed by atoms with E-state index in [9.17, 15) is 18.5 Å². The predicted molar refractivity (Wildman–Crippen MR) is 76.1 cm³/mol. The number of nitrogens with zero attached hydrogens (tertiary/aromatic N) is 3. The van der Waals surface area contributed by atoms with Crippen LogP contribution in [0.4, 0.5) is 5.69 Å². The van der Waals surface area contributed by atoms with E-state index in [1.807, 2.05) is 19.0 Å². The van der Waals surface area contributed by atoms with Gasteiger partial charge in [0.05, 0.1) is 9.82 Å². The Kier molecular flexibility index (Phi) is 5.61. The number of hydrogen-bond donors (Lipinski definition) is 0. The van der Waals surface area contributed by atoms with E-state index in [2.05, 4.69) is 0 Å². The lowest BCUT2D eigenvalue weighted by Gasteiger charge is -2.18. The fourth-order valence-corrected chi connectivity index (χ4v) is 2.86. The highest BCUT2D eigenvalue weighted by Crippen LogP contribution is 2.18. The molecule has 0 atom stereocenters. The lowest BCUT2D eigenvalue weighted by molar-refractivity contribution is -0.384. The van der Waals surface area contributed by atoms with Gasteiger partial charge in [0.15, 0.2) is 0 Å². The largest absolute Gasteiger partial charge is 0.309 e. The third kappa shape index (κ3) is 4.26. The summed E-state index contributed by atoms with van der Waals surface area (Å²) in [6, 6.07) is 4.91. The van der Waals surface area contributed by atoms with E-state index in [-0.39, 0.29) is 10.6 Å². The zero-order valence-corrected chi connectivity index (χ0v) is 12.6. The summed E-state index contributed by atoms with van der Waals surface area (Å²) in [5.41, 5.74) is -0.126. The van der Waals surface area contributed by atoms with Gasteiger partial charge in [-0.25, -0.2) is 12.7 Å². The first-order chi connectivity index (χ1) is 9.25. The van der Waals surface area contributed by atoms with Crippen molar-refractivity contribution in [2.45, 2.75) is 11.3 Å². The molecule has 20 heavy (non-hydrogen) atoms. The first-order valence-electron chi connectivity index (χ1n) is 6.10. The van der Waals surface area contributed by atoms with Crippen LogP contribution in [0.15, 0.2) is 29.2 Å². The van der Waals surface area contributed by atoms with Crippen LogP contribution in [0.5, 0.6) is 0 Å². The van der Waals surface area contributed by atoms with Gasteiger partial charge in [-0.3, -0.25) is 10.1 Å². The molecular weight excluding hydrogens is 282 g/mol. The lowest BCUT2D eigenvalue weighted by Crippen LogP contribution is -2.29. The summed E-state index contributed by atoms with van der Waals surface area (Å²) < 4.78 is 25.7. The minimum absolute atomic E-state index is 0.0652. The van der Waals surface area contributed by atoms with Gasteiger partial charge in [0.1, 0.15) is 0 Å². The van der Waals surface area contributed by atoms with E-state index < -0.39 is 14.9 Å². The molecule has 0 fully saturated rings. The van der Waals surface area contributed by atoms with Crippen LogP contribution in [0.2, 0.25) is 0 Å². The summed E-state index contributed by atoms with van der Waals surface area (Å²) >= 11 is 0. The van der Waals surface area contributed by atoms with Gasteiger partial charge in [0, 0.05) is 25.7 Å². The topological polar surface area (TPSA) is 83.8 Å². The van der Waals surface area contributed by atoms with Gasteiger partial charge >= 0.3 is 0 Å². The molecular formula is C12H19N3O4S. The summed E-state index contributed by atoms with van der Waals surface area (Å²) in [6.45, 7) is 1.19. The summed E-state index contributed by atoms with van der Waals surface area (Å²) in [4.78, 5) is 12.0. The van der Waals surface area contributed by atoms with Crippen molar-refractivity contribution < 1.29 is 13.3 Å². The van der Waals surface area contributed by atoms with Crippen molar-refractivity contribution in [1.82, 2.24) is 9.21 Å². The second-order valence-electron chi connectivity index (χ2n) is 4.73. The molecule has 0 amide bonds. The predicted octanol–water partition coefficient (Wildman–Crippen LogP) is 1.17. The summed E-state index contributed by atoms with van der Waals surface area (Å²) in [5.74, 6) is 0. The lowest BCUT2D eigenvalue weighted by atomic mass is 10.3. The zero-order valence-electron chi connectivity index (χ0n) is 11.8. The van der Waals surface area contributed by atoms with Gasteiger partial charge in [0.25, 0.3) is 5.69 Å². The fraction of sp³-hybridized carbons (Fsp3) is 0.500. The monoisotopic (exact) mass is 301 g/mol. The Labute approximate surface area is 119 Å². The summed E-state index contributed by atoms with van der Waals surface area (Å²) in [6.07, 6.45) is 0.718. The van der Waals surface area contributed by atoms with E-state index in [0.29, 0.717) is 6.54 Å². The first-order valence-corrected chi connectivity index (χ1v) is 7.54. The Morgan fingerprint density at radius 1 is 1.10 bits per heavy atom. The Morgan fingerprint density at radius 2 is 1.65 bits per heavy atom. The normalized spacial score (nSPS) is 12.1. The third-order valence-electron chi connectivity index (χ3n) is 2.83. The maximum atomic E-state index is 12.2. The van der Waals surface area contributed by atoms with Crippen LogP contribution in [0, 0.1) is 10.1 Å². The van der Waals surface area contributed by atoms with Gasteiger partial charge < -0.3 is 4.90 Å². The van der Waals surface area contributed by atoms with Crippen LogP contribution in [0.25, 0.3) is 0 Å². The molecule has 112 valence electrons. The molecule has 1 aromatic rings. The highest BCUT2D eigenvalue weighted by molar-refractivity contribution is 7.89. The number of benzene rings is 1. The molecule has 0 radical (unpaired) electrons. The van der Waals surface area contributed by atoms with E-state index in [1.54, 1.807) is 0 Å². The van der Waals surface area contributed by atoms with Gasteiger partial charge in [0.2, 0.25) is 10.0 Å². The van der Waals surface area contributed by atoms with Crippen molar-refractivity contribution in [2.75, 3.05) is 34.2 Å². The summed E-state index contributed by atoms with van der Waals surface area (Å²) in [5, 5.41) is 10.5. The van der Waals surface area contributed by atoms with Crippen LogP contribution >= 0.6 is 0 Å². The number of nitro benzene ring substituents is 1. The molecule has 0 saturated heterocycles. The van der Waals surface area contributed by atoms with E-state index in [4.69, 9.17) is 0 Å². The third-order valence-corrected chi connectivity index (χ3v) is 4.71. The van der Waals surface area contributed by atoms with Crippen LogP contribution in [0.1, 0.15) is 6.42 Å². The minimum Gasteiger partial charge on any atom is -0.309 e. The first kappa shape index (κ1) is 16.5. The minimum atomic E-state index is -3.59. The van der Waals surface area contributed by atoms with E-state index in [1.165, 1.54) is 35.6 Å². The molecule has 0 spiro atoms. The maximum absolute atomic E-state index is 12.2. The zero-order chi connectivity index (χ0) is 15.3. The van der Waals surface area contributed by atoms with E-state index >= 15 is 0 Å². The molecule has 0 saturated carbocycles. The van der Waals surface area contributed by atoms with Crippen LogP contribution in [-0.4, -0.2) is 56.8 Å². The van der Waals surface area contributed by atoms with Crippen LogP contribution in [-0.2, 0) is 10.0 Å². The SMILES string of the molecule is CN(C)CCCN(C)S(=O)(=O)c1ccc([N+](=O)[O-])cc1. The van der Waals surface area contributed by atoms with Gasteiger partial charge in [-0.1, -0.05) is 0 Å². The quantitative estimate of drug-likeness (QED) is 0.557. The fourth-order valence-electron chi connectivity index (χ4n) is 1.65. The molecule has 0 heterocycles. The standard InChI is InChI=1S/C12H19N3O4S/c1-13(2)9-4-10-14(3)20(18,19)12-7-5-11(6-8-12)15(16)17/h5-8H,4,9-10H2,1-3H3. The smallest absolute Gasteiger partial charge is 0.269 e. The molecule has 0 aliphatic heterocycles. The van der Waals surface area contributed by atoms with Crippen LogP contribution < -0.4 is 0 Å². The molecule has 0 unspecified atom stereocenters. The van der Waals surface area contributed by atoms with E-state index in [0.717, 1.165) is 13.0 Å². The second-order valence-corrected chi connectivity index (χ2v) is 6.78. The van der Waals surface area contributed by atoms with Crippen molar-refractivity contribution >= 4 is 15.7 Å². The average molecular weight is 301 g/mol. The van der Waals surface area contributed by atoms with Crippen LogP contribution in [0.3, 0.4) is 0 Å². The second kappa shape index (κ2) is 6.78. The number of nitro groups is 1. The molecule has 0 aliphatic rings. The van der Waals surface area contributed by atoms with Crippen molar-refractivity contribution in [3.05, 3.63) is 34.4 Å². The molecule has 7 nitrogen and oxygen atoms in total.